The van der Waals surface area contributed by atoms with Crippen LogP contribution in [0.15, 0.2) is 17.0 Å². The van der Waals surface area contributed by atoms with E-state index in [1.807, 2.05) is 23.7 Å². The SMILES string of the molecule is CNCC(=O)N1CC(C)Sc2c(C)cc(C)cc21. The van der Waals surface area contributed by atoms with Gasteiger partial charge in [0.25, 0.3) is 0 Å². The first-order valence-corrected chi connectivity index (χ1v) is 7.13. The molecule has 0 saturated heterocycles. The van der Waals surface area contributed by atoms with Crippen molar-refractivity contribution in [2.24, 2.45) is 0 Å². The molecule has 3 nitrogen and oxygen atoms in total. The van der Waals surface area contributed by atoms with Gasteiger partial charge in [0.2, 0.25) is 5.91 Å². The van der Waals surface area contributed by atoms with Gasteiger partial charge in [-0.1, -0.05) is 13.0 Å². The lowest BCUT2D eigenvalue weighted by Gasteiger charge is -2.34. The highest BCUT2D eigenvalue weighted by atomic mass is 32.2. The van der Waals surface area contributed by atoms with E-state index < -0.39 is 0 Å². The van der Waals surface area contributed by atoms with Crippen molar-refractivity contribution in [2.75, 3.05) is 25.0 Å². The Labute approximate surface area is 113 Å². The predicted octanol–water partition coefficient (Wildman–Crippen LogP) is 2.35. The van der Waals surface area contributed by atoms with Gasteiger partial charge in [0.1, 0.15) is 0 Å². The van der Waals surface area contributed by atoms with Crippen LogP contribution in [-0.2, 0) is 4.79 Å². The third-order valence-corrected chi connectivity index (χ3v) is 4.40. The van der Waals surface area contributed by atoms with Crippen molar-refractivity contribution in [3.63, 3.8) is 0 Å². The van der Waals surface area contributed by atoms with Crippen molar-refractivity contribution in [3.8, 4) is 0 Å². The maximum Gasteiger partial charge on any atom is 0.240 e. The number of anilines is 1. The molecule has 1 N–H and O–H groups in total. The van der Waals surface area contributed by atoms with Gasteiger partial charge in [0.05, 0.1) is 12.2 Å². The summed E-state index contributed by atoms with van der Waals surface area (Å²) < 4.78 is 0. The second-order valence-corrected chi connectivity index (χ2v) is 6.34. The number of hydrogen-bond acceptors (Lipinski definition) is 3. The lowest BCUT2D eigenvalue weighted by Crippen LogP contribution is -2.42. The minimum absolute atomic E-state index is 0.149. The van der Waals surface area contributed by atoms with Gasteiger partial charge >= 0.3 is 0 Å². The molecule has 1 aromatic carbocycles. The van der Waals surface area contributed by atoms with Crippen molar-refractivity contribution in [1.29, 1.82) is 0 Å². The first-order chi connectivity index (χ1) is 8.52. The number of aryl methyl sites for hydroxylation is 2. The molecule has 2 rings (SSSR count). The molecule has 0 bridgehead atoms. The minimum Gasteiger partial charge on any atom is -0.311 e. The summed E-state index contributed by atoms with van der Waals surface area (Å²) in [5, 5.41) is 3.39. The molecule has 0 spiro atoms. The van der Waals surface area contributed by atoms with Gasteiger partial charge in [0, 0.05) is 16.7 Å². The summed E-state index contributed by atoms with van der Waals surface area (Å²) in [6, 6.07) is 4.30. The van der Waals surface area contributed by atoms with Crippen LogP contribution in [0.25, 0.3) is 0 Å². The highest BCUT2D eigenvalue weighted by Crippen LogP contribution is 2.41. The number of benzene rings is 1. The van der Waals surface area contributed by atoms with Gasteiger partial charge in [-0.25, -0.2) is 0 Å². The molecule has 1 atom stereocenters. The number of hydrogen-bond donors (Lipinski definition) is 1. The zero-order valence-electron chi connectivity index (χ0n) is 11.4. The summed E-state index contributed by atoms with van der Waals surface area (Å²) in [5.74, 6) is 0.149. The van der Waals surface area contributed by atoms with Crippen LogP contribution in [0, 0.1) is 13.8 Å². The van der Waals surface area contributed by atoms with Crippen LogP contribution >= 0.6 is 11.8 Å². The lowest BCUT2D eigenvalue weighted by atomic mass is 10.1. The summed E-state index contributed by atoms with van der Waals surface area (Å²) in [6.45, 7) is 7.56. The Morgan fingerprint density at radius 3 is 2.89 bits per heavy atom. The Bertz CT molecular complexity index is 473. The predicted molar refractivity (Wildman–Crippen MR) is 77.5 cm³/mol. The number of rotatable bonds is 2. The number of thioether (sulfide) groups is 1. The van der Waals surface area contributed by atoms with E-state index in [0.717, 1.165) is 12.2 Å². The average molecular weight is 264 g/mol. The molecule has 1 aliphatic rings. The van der Waals surface area contributed by atoms with E-state index >= 15 is 0 Å². The smallest absolute Gasteiger partial charge is 0.240 e. The normalized spacial score (nSPS) is 18.7. The molecule has 1 aromatic rings. The van der Waals surface area contributed by atoms with Crippen LogP contribution in [0.2, 0.25) is 0 Å². The highest BCUT2D eigenvalue weighted by molar-refractivity contribution is 8.00. The molecule has 1 amide bonds. The summed E-state index contributed by atoms with van der Waals surface area (Å²) in [5.41, 5.74) is 3.56. The monoisotopic (exact) mass is 264 g/mol. The van der Waals surface area contributed by atoms with E-state index in [-0.39, 0.29) is 5.91 Å². The van der Waals surface area contributed by atoms with E-state index in [1.165, 1.54) is 16.0 Å². The van der Waals surface area contributed by atoms with Crippen LogP contribution in [0.3, 0.4) is 0 Å². The molecule has 1 unspecified atom stereocenters. The van der Waals surface area contributed by atoms with E-state index in [2.05, 4.69) is 38.2 Å². The molecular formula is C14H20N2OS. The molecule has 0 radical (unpaired) electrons. The largest absolute Gasteiger partial charge is 0.311 e. The van der Waals surface area contributed by atoms with Crippen LogP contribution in [0.5, 0.6) is 0 Å². The van der Waals surface area contributed by atoms with Gasteiger partial charge in [-0.15, -0.1) is 11.8 Å². The van der Waals surface area contributed by atoms with Crippen LogP contribution < -0.4 is 10.2 Å². The fourth-order valence-corrected chi connectivity index (χ4v) is 3.52. The lowest BCUT2D eigenvalue weighted by molar-refractivity contribution is -0.117. The number of carbonyl (C=O) groups is 1. The van der Waals surface area contributed by atoms with Crippen LogP contribution in [-0.4, -0.2) is 31.3 Å². The quantitative estimate of drug-likeness (QED) is 0.890. The molecule has 0 aliphatic carbocycles. The Hall–Kier alpha value is -1.00. The highest BCUT2D eigenvalue weighted by Gasteiger charge is 2.27. The summed E-state index contributed by atoms with van der Waals surface area (Å²) in [6.07, 6.45) is 0. The number of nitrogens with one attached hydrogen (secondary N) is 1. The first kappa shape index (κ1) is 13.4. The Balaban J connectivity index is 2.44. The zero-order chi connectivity index (χ0) is 13.3. The van der Waals surface area contributed by atoms with Gasteiger partial charge < -0.3 is 10.2 Å². The standard InChI is InChI=1S/C14H20N2OS/c1-9-5-10(2)14-12(6-9)16(8-11(3)18-14)13(17)7-15-4/h5-6,11,15H,7-8H2,1-4H3. The molecule has 98 valence electrons. The Kier molecular flexibility index (Phi) is 3.97. The molecule has 1 aliphatic heterocycles. The molecule has 0 saturated carbocycles. The van der Waals surface area contributed by atoms with Crippen molar-refractivity contribution < 1.29 is 4.79 Å². The number of fused-ring (bicyclic) bond motifs is 1. The number of nitrogens with zero attached hydrogens (tertiary/aromatic N) is 1. The average Bonchev–Trinajstić information content (AvgIpc) is 2.29. The van der Waals surface area contributed by atoms with Crippen molar-refractivity contribution in [2.45, 2.75) is 30.9 Å². The van der Waals surface area contributed by atoms with Crippen LogP contribution in [0.4, 0.5) is 5.69 Å². The molecule has 0 aromatic heterocycles. The van der Waals surface area contributed by atoms with Crippen LogP contribution in [0.1, 0.15) is 18.1 Å². The molecule has 0 fully saturated rings. The fourth-order valence-electron chi connectivity index (χ4n) is 2.36. The van der Waals surface area contributed by atoms with Gasteiger partial charge in [0.15, 0.2) is 0 Å². The number of amides is 1. The second kappa shape index (κ2) is 5.33. The fraction of sp³-hybridized carbons (Fsp3) is 0.500. The Morgan fingerprint density at radius 1 is 1.50 bits per heavy atom. The van der Waals surface area contributed by atoms with Crippen molar-refractivity contribution >= 4 is 23.4 Å². The molecule has 4 heteroatoms. The summed E-state index contributed by atoms with van der Waals surface area (Å²) in [7, 11) is 1.81. The van der Waals surface area contributed by atoms with E-state index in [9.17, 15) is 4.79 Å². The molecule has 1 heterocycles. The van der Waals surface area contributed by atoms with E-state index in [1.54, 1.807) is 0 Å². The van der Waals surface area contributed by atoms with E-state index in [4.69, 9.17) is 0 Å². The van der Waals surface area contributed by atoms with Gasteiger partial charge in [-0.05, 0) is 38.1 Å². The van der Waals surface area contributed by atoms with Crippen molar-refractivity contribution in [3.05, 3.63) is 23.3 Å². The third-order valence-electron chi connectivity index (χ3n) is 3.08. The maximum atomic E-state index is 12.2. The first-order valence-electron chi connectivity index (χ1n) is 6.25. The maximum absolute atomic E-state index is 12.2. The molecule has 18 heavy (non-hydrogen) atoms. The van der Waals surface area contributed by atoms with Gasteiger partial charge in [-0.2, -0.15) is 0 Å². The summed E-state index contributed by atoms with van der Waals surface area (Å²) in [4.78, 5) is 15.4. The van der Waals surface area contributed by atoms with Gasteiger partial charge in [-0.3, -0.25) is 4.79 Å². The summed E-state index contributed by atoms with van der Waals surface area (Å²) >= 11 is 1.87. The van der Waals surface area contributed by atoms with Crippen molar-refractivity contribution in [1.82, 2.24) is 5.32 Å². The Morgan fingerprint density at radius 2 is 2.22 bits per heavy atom. The third kappa shape index (κ3) is 2.54. The number of likely N-dealkylation sites (N-methyl/N-ethyl adjacent to an activating group) is 1. The topological polar surface area (TPSA) is 32.3 Å². The number of carbonyl (C=O) groups excluding carboxylic acids is 1. The minimum atomic E-state index is 0.149. The second-order valence-electron chi connectivity index (χ2n) is 4.89. The zero-order valence-corrected chi connectivity index (χ0v) is 12.2. The molecular weight excluding hydrogens is 244 g/mol. The van der Waals surface area contributed by atoms with E-state index in [0.29, 0.717) is 11.8 Å².